The van der Waals surface area contributed by atoms with Crippen molar-refractivity contribution in [3.05, 3.63) is 23.7 Å². The number of likely N-dealkylation sites (tertiary alicyclic amines) is 1. The number of hydrogen-bond acceptors (Lipinski definition) is 10. The van der Waals surface area contributed by atoms with Gasteiger partial charge in [-0.25, -0.2) is 18.4 Å². The molecule has 0 amide bonds. The molecule has 0 radical (unpaired) electrons. The second-order valence-electron chi connectivity index (χ2n) is 7.26. The zero-order valence-corrected chi connectivity index (χ0v) is 17.5. The van der Waals surface area contributed by atoms with E-state index < -0.39 is 9.84 Å². The third-order valence-electron chi connectivity index (χ3n) is 5.18. The Kier molecular flexibility index (Phi) is 5.85. The highest BCUT2D eigenvalue weighted by atomic mass is 32.2. The van der Waals surface area contributed by atoms with Crippen LogP contribution in [0.1, 0.15) is 30.0 Å². The Balaban J connectivity index is 1.33. The highest BCUT2D eigenvalue weighted by Crippen LogP contribution is 2.32. The highest BCUT2D eigenvalue weighted by Gasteiger charge is 2.28. The van der Waals surface area contributed by atoms with Crippen molar-refractivity contribution >= 4 is 27.3 Å². The van der Waals surface area contributed by atoms with Gasteiger partial charge in [-0.2, -0.15) is 0 Å². The molecule has 11 heteroatoms. The van der Waals surface area contributed by atoms with Crippen LogP contribution in [0, 0.1) is 0 Å². The van der Waals surface area contributed by atoms with Gasteiger partial charge >= 0.3 is 0 Å². The molecule has 9 nitrogen and oxygen atoms in total. The van der Waals surface area contributed by atoms with E-state index in [1.807, 2.05) is 12.4 Å². The van der Waals surface area contributed by atoms with Crippen molar-refractivity contribution in [3.63, 3.8) is 0 Å². The minimum Gasteiger partial charge on any atom is -0.378 e. The van der Waals surface area contributed by atoms with E-state index in [1.165, 1.54) is 6.26 Å². The minimum absolute atomic E-state index is 0.152. The van der Waals surface area contributed by atoms with Crippen LogP contribution in [0.25, 0.3) is 0 Å². The molecule has 152 valence electrons. The van der Waals surface area contributed by atoms with Crippen LogP contribution in [0.2, 0.25) is 0 Å². The predicted molar refractivity (Wildman–Crippen MR) is 105 cm³/mol. The lowest BCUT2D eigenvalue weighted by Gasteiger charge is -2.31. The van der Waals surface area contributed by atoms with Crippen molar-refractivity contribution in [1.82, 2.24) is 24.5 Å². The van der Waals surface area contributed by atoms with E-state index in [0.29, 0.717) is 9.90 Å². The number of aromatic nitrogens is 4. The van der Waals surface area contributed by atoms with Crippen LogP contribution in [0.15, 0.2) is 16.6 Å². The van der Waals surface area contributed by atoms with Crippen molar-refractivity contribution in [2.75, 3.05) is 50.5 Å². The summed E-state index contributed by atoms with van der Waals surface area (Å²) >= 11 is 0.976. The monoisotopic (exact) mass is 424 g/mol. The maximum Gasteiger partial charge on any atom is 0.225 e. The molecular formula is C17H24N6O3S2. The standard InChI is InChI=1S/C17H24N6O3S2/c1-28(24,25)16-15(20-21-27-16)14-2-4-22(5-3-14)12-13-10-18-17(19-11-13)23-6-8-26-9-7-23/h10-11,14H,2-9,12H2,1H3. The van der Waals surface area contributed by atoms with E-state index in [-0.39, 0.29) is 5.92 Å². The van der Waals surface area contributed by atoms with Gasteiger partial charge in [-0.15, -0.1) is 5.10 Å². The second-order valence-corrected chi connectivity index (χ2v) is 10.2. The fourth-order valence-corrected chi connectivity index (χ4v) is 5.41. The first-order valence-electron chi connectivity index (χ1n) is 9.39. The van der Waals surface area contributed by atoms with Gasteiger partial charge in [-0.1, -0.05) is 4.49 Å². The van der Waals surface area contributed by atoms with Crippen molar-refractivity contribution in [2.24, 2.45) is 0 Å². The number of morpholine rings is 1. The average Bonchev–Trinajstić information content (AvgIpc) is 3.20. The summed E-state index contributed by atoms with van der Waals surface area (Å²) in [6.45, 7) is 5.66. The first kappa shape index (κ1) is 19.6. The summed E-state index contributed by atoms with van der Waals surface area (Å²) in [6, 6.07) is 0. The summed E-state index contributed by atoms with van der Waals surface area (Å²) in [7, 11) is -3.26. The van der Waals surface area contributed by atoms with Crippen molar-refractivity contribution in [3.8, 4) is 0 Å². The second kappa shape index (κ2) is 8.36. The van der Waals surface area contributed by atoms with Gasteiger partial charge in [0.15, 0.2) is 14.0 Å². The number of anilines is 1. The summed E-state index contributed by atoms with van der Waals surface area (Å²) in [6.07, 6.45) is 6.77. The molecule has 0 unspecified atom stereocenters. The van der Waals surface area contributed by atoms with Crippen LogP contribution in [0.5, 0.6) is 0 Å². The largest absolute Gasteiger partial charge is 0.378 e. The number of piperidine rings is 1. The van der Waals surface area contributed by atoms with Gasteiger partial charge in [-0.3, -0.25) is 4.90 Å². The molecule has 28 heavy (non-hydrogen) atoms. The van der Waals surface area contributed by atoms with Gasteiger partial charge in [0.2, 0.25) is 5.95 Å². The molecule has 0 aliphatic carbocycles. The lowest BCUT2D eigenvalue weighted by Crippen LogP contribution is -2.37. The Bertz CT molecular complexity index is 888. The van der Waals surface area contributed by atoms with Gasteiger partial charge < -0.3 is 9.64 Å². The van der Waals surface area contributed by atoms with Crippen LogP contribution in [-0.4, -0.2) is 78.5 Å². The maximum absolute atomic E-state index is 11.9. The topological polar surface area (TPSA) is 101 Å². The summed E-state index contributed by atoms with van der Waals surface area (Å²) in [5.41, 5.74) is 1.73. The summed E-state index contributed by atoms with van der Waals surface area (Å²) in [5.74, 6) is 0.912. The molecule has 2 aliphatic rings. The quantitative estimate of drug-likeness (QED) is 0.694. The maximum atomic E-state index is 11.9. The zero-order valence-electron chi connectivity index (χ0n) is 15.8. The minimum atomic E-state index is -3.26. The Morgan fingerprint density at radius 1 is 1.14 bits per heavy atom. The zero-order chi connectivity index (χ0) is 19.6. The fourth-order valence-electron chi connectivity index (χ4n) is 3.67. The average molecular weight is 425 g/mol. The summed E-state index contributed by atoms with van der Waals surface area (Å²) in [5, 5.41) is 4.11. The number of sulfone groups is 1. The van der Waals surface area contributed by atoms with Crippen molar-refractivity contribution in [1.29, 1.82) is 0 Å². The highest BCUT2D eigenvalue weighted by molar-refractivity contribution is 7.92. The lowest BCUT2D eigenvalue weighted by molar-refractivity contribution is 0.122. The molecule has 2 saturated heterocycles. The van der Waals surface area contributed by atoms with Gasteiger partial charge in [0.1, 0.15) is 0 Å². The number of rotatable bonds is 5. The van der Waals surface area contributed by atoms with E-state index in [2.05, 4.69) is 29.4 Å². The molecule has 0 saturated carbocycles. The van der Waals surface area contributed by atoms with Crippen molar-refractivity contribution < 1.29 is 13.2 Å². The third kappa shape index (κ3) is 4.48. The van der Waals surface area contributed by atoms with Crippen LogP contribution in [0.3, 0.4) is 0 Å². The Hall–Kier alpha value is -1.69. The molecular weight excluding hydrogens is 400 g/mol. The molecule has 2 aromatic rings. The summed E-state index contributed by atoms with van der Waals surface area (Å²) < 4.78 is 33.3. The van der Waals surface area contributed by atoms with Gasteiger partial charge in [0.25, 0.3) is 0 Å². The molecule has 2 fully saturated rings. The van der Waals surface area contributed by atoms with Crippen LogP contribution < -0.4 is 4.90 Å². The Morgan fingerprint density at radius 3 is 2.46 bits per heavy atom. The van der Waals surface area contributed by atoms with Crippen molar-refractivity contribution in [2.45, 2.75) is 29.5 Å². The van der Waals surface area contributed by atoms with Gasteiger partial charge in [0, 0.05) is 61.3 Å². The fraction of sp³-hybridized carbons (Fsp3) is 0.647. The first-order valence-corrected chi connectivity index (χ1v) is 12.1. The molecule has 0 bridgehead atoms. The van der Waals surface area contributed by atoms with E-state index in [0.717, 1.165) is 81.8 Å². The Morgan fingerprint density at radius 2 is 1.82 bits per heavy atom. The first-order chi connectivity index (χ1) is 13.5. The SMILES string of the molecule is CS(=O)(=O)c1snnc1C1CCN(Cc2cnc(N3CCOCC3)nc2)CC1. The third-order valence-corrected chi connectivity index (χ3v) is 7.74. The molecule has 0 N–H and O–H groups in total. The number of hydrogen-bond donors (Lipinski definition) is 0. The van der Waals surface area contributed by atoms with Gasteiger partial charge in [0.05, 0.1) is 18.9 Å². The number of nitrogens with zero attached hydrogens (tertiary/aromatic N) is 6. The van der Waals surface area contributed by atoms with Crippen LogP contribution in [0.4, 0.5) is 5.95 Å². The van der Waals surface area contributed by atoms with E-state index in [9.17, 15) is 8.42 Å². The summed E-state index contributed by atoms with van der Waals surface area (Å²) in [4.78, 5) is 13.5. The normalized spacial score (nSPS) is 19.8. The Labute approximate surface area is 168 Å². The van der Waals surface area contributed by atoms with Crippen LogP contribution >= 0.6 is 11.5 Å². The van der Waals surface area contributed by atoms with Crippen LogP contribution in [-0.2, 0) is 21.1 Å². The van der Waals surface area contributed by atoms with Gasteiger partial charge in [-0.05, 0) is 25.9 Å². The molecule has 2 aromatic heterocycles. The molecule has 2 aliphatic heterocycles. The predicted octanol–water partition coefficient (Wildman–Crippen LogP) is 0.948. The number of ether oxygens (including phenoxy) is 1. The van der Waals surface area contributed by atoms with E-state index >= 15 is 0 Å². The lowest BCUT2D eigenvalue weighted by atomic mass is 9.94. The molecule has 0 aromatic carbocycles. The smallest absolute Gasteiger partial charge is 0.225 e. The van der Waals surface area contributed by atoms with E-state index in [4.69, 9.17) is 4.74 Å². The molecule has 0 spiro atoms. The molecule has 0 atom stereocenters. The molecule has 4 heterocycles. The molecule has 4 rings (SSSR count). The van der Waals surface area contributed by atoms with E-state index in [1.54, 1.807) is 0 Å².